The maximum Gasteiger partial charge on any atom is 0.338 e. The lowest BCUT2D eigenvalue weighted by molar-refractivity contribution is -0.136. The Morgan fingerprint density at radius 3 is 2.44 bits per heavy atom. The smallest absolute Gasteiger partial charge is 0.338 e. The topological polar surface area (TPSA) is 73.9 Å². The van der Waals surface area contributed by atoms with E-state index in [2.05, 4.69) is 20.4 Å². The molecule has 0 aromatic heterocycles. The number of nitrogens with one attached hydrogen (secondary N) is 2. The van der Waals surface area contributed by atoms with E-state index in [-0.39, 0.29) is 6.03 Å². The van der Waals surface area contributed by atoms with Crippen molar-refractivity contribution in [3.63, 3.8) is 0 Å². The summed E-state index contributed by atoms with van der Waals surface area (Å²) in [4.78, 5) is 29.6. The Bertz CT molecular complexity index is 1030. The molecular weight excluding hydrogens is 451 g/mol. The first-order chi connectivity index (χ1) is 15.4. The Kier molecular flexibility index (Phi) is 6.89. The van der Waals surface area contributed by atoms with Crippen molar-refractivity contribution in [2.45, 2.75) is 6.04 Å². The van der Waals surface area contributed by atoms with Gasteiger partial charge in [0, 0.05) is 54.2 Å². The number of urea groups is 1. The molecule has 0 saturated carbocycles. The lowest BCUT2D eigenvalue weighted by Crippen LogP contribution is -2.51. The Morgan fingerprint density at radius 1 is 1.06 bits per heavy atom. The fourth-order valence-electron chi connectivity index (χ4n) is 4.07. The lowest BCUT2D eigenvalue weighted by atomic mass is 9.95. The second-order valence-corrected chi connectivity index (χ2v) is 8.58. The molecule has 1 unspecified atom stereocenters. The largest absolute Gasteiger partial charge is 0.466 e. The van der Waals surface area contributed by atoms with Crippen LogP contribution in [0.25, 0.3) is 0 Å². The van der Waals surface area contributed by atoms with Gasteiger partial charge in [-0.2, -0.15) is 0 Å². The van der Waals surface area contributed by atoms with Crippen LogP contribution < -0.4 is 15.5 Å². The van der Waals surface area contributed by atoms with Gasteiger partial charge in [-0.05, 0) is 42.0 Å². The van der Waals surface area contributed by atoms with Crippen molar-refractivity contribution in [3.8, 4) is 0 Å². The number of hydrogen-bond donors (Lipinski definition) is 2. The van der Waals surface area contributed by atoms with Gasteiger partial charge in [0.05, 0.1) is 18.7 Å². The first kappa shape index (κ1) is 22.5. The molecule has 2 aromatic carbocycles. The van der Waals surface area contributed by atoms with E-state index < -0.39 is 12.0 Å². The number of halogens is 2. The molecule has 7 nitrogen and oxygen atoms in total. The number of piperazine rings is 1. The number of amides is 2. The fraction of sp³-hybridized carbons (Fsp3) is 0.304. The van der Waals surface area contributed by atoms with Crippen LogP contribution in [0.15, 0.2) is 59.8 Å². The molecule has 32 heavy (non-hydrogen) atoms. The van der Waals surface area contributed by atoms with Crippen molar-refractivity contribution in [2.24, 2.45) is 0 Å². The average Bonchev–Trinajstić information content (AvgIpc) is 2.79. The molecule has 0 aliphatic carbocycles. The Balaban J connectivity index is 1.54. The van der Waals surface area contributed by atoms with Crippen LogP contribution in [0.2, 0.25) is 10.0 Å². The quantitative estimate of drug-likeness (QED) is 0.647. The maximum atomic E-state index is 12.7. The van der Waals surface area contributed by atoms with Crippen LogP contribution in [-0.4, -0.2) is 56.7 Å². The van der Waals surface area contributed by atoms with E-state index in [9.17, 15) is 9.59 Å². The van der Waals surface area contributed by atoms with Crippen LogP contribution in [-0.2, 0) is 9.53 Å². The summed E-state index contributed by atoms with van der Waals surface area (Å²) >= 11 is 12.1. The first-order valence-electron chi connectivity index (χ1n) is 10.3. The number of rotatable bonds is 5. The minimum absolute atomic E-state index is 0.363. The van der Waals surface area contributed by atoms with Gasteiger partial charge in [-0.1, -0.05) is 35.3 Å². The van der Waals surface area contributed by atoms with Gasteiger partial charge in [0.1, 0.15) is 0 Å². The molecule has 2 amide bonds. The zero-order valence-corrected chi connectivity index (χ0v) is 19.1. The highest BCUT2D eigenvalue weighted by molar-refractivity contribution is 6.30. The summed E-state index contributed by atoms with van der Waals surface area (Å²) in [6.45, 7) is 3.65. The fourth-order valence-corrected chi connectivity index (χ4v) is 4.39. The van der Waals surface area contributed by atoms with Gasteiger partial charge in [-0.15, -0.1) is 0 Å². The number of anilines is 1. The second kappa shape index (κ2) is 9.81. The van der Waals surface area contributed by atoms with E-state index in [1.807, 2.05) is 30.3 Å². The Morgan fingerprint density at radius 2 is 1.78 bits per heavy atom. The SMILES string of the molecule is COC(=O)C1=C(CN2CCN(c3ccc(Cl)cc3)CC2)NC(=O)NC1c1cccc(Cl)c1. The molecule has 0 spiro atoms. The molecule has 1 fully saturated rings. The molecule has 1 atom stereocenters. The number of nitrogens with zero attached hydrogens (tertiary/aromatic N) is 2. The lowest BCUT2D eigenvalue weighted by Gasteiger charge is -2.38. The van der Waals surface area contributed by atoms with Crippen molar-refractivity contribution in [3.05, 3.63) is 75.4 Å². The number of ether oxygens (including phenoxy) is 1. The summed E-state index contributed by atoms with van der Waals surface area (Å²) in [6.07, 6.45) is 0. The van der Waals surface area contributed by atoms with Gasteiger partial charge in [0.25, 0.3) is 0 Å². The number of carbonyl (C=O) groups excluding carboxylic acids is 2. The molecular formula is C23H24Cl2N4O3. The van der Waals surface area contributed by atoms with E-state index in [4.69, 9.17) is 27.9 Å². The average molecular weight is 475 g/mol. The third kappa shape index (κ3) is 5.01. The van der Waals surface area contributed by atoms with Crippen LogP contribution in [0, 0.1) is 0 Å². The van der Waals surface area contributed by atoms with Gasteiger partial charge < -0.3 is 20.3 Å². The predicted octanol–water partition coefficient (Wildman–Crippen LogP) is 3.60. The molecule has 0 bridgehead atoms. The number of esters is 1. The monoisotopic (exact) mass is 474 g/mol. The second-order valence-electron chi connectivity index (χ2n) is 7.71. The van der Waals surface area contributed by atoms with Crippen molar-refractivity contribution in [2.75, 3.05) is 44.7 Å². The zero-order chi connectivity index (χ0) is 22.7. The summed E-state index contributed by atoms with van der Waals surface area (Å²) in [5.41, 5.74) is 2.78. The molecule has 2 aliphatic rings. The van der Waals surface area contributed by atoms with Crippen LogP contribution in [0.4, 0.5) is 10.5 Å². The highest BCUT2D eigenvalue weighted by Crippen LogP contribution is 2.30. The van der Waals surface area contributed by atoms with Crippen LogP contribution in [0.5, 0.6) is 0 Å². The molecule has 2 heterocycles. The summed E-state index contributed by atoms with van der Waals surface area (Å²) in [5, 5.41) is 6.88. The van der Waals surface area contributed by atoms with E-state index in [0.29, 0.717) is 27.9 Å². The minimum Gasteiger partial charge on any atom is -0.466 e. The molecule has 2 aliphatic heterocycles. The van der Waals surface area contributed by atoms with Gasteiger partial charge in [-0.25, -0.2) is 9.59 Å². The Labute approximate surface area is 196 Å². The molecule has 9 heteroatoms. The van der Waals surface area contributed by atoms with Crippen LogP contribution in [0.1, 0.15) is 11.6 Å². The molecule has 0 radical (unpaired) electrons. The summed E-state index contributed by atoms with van der Waals surface area (Å²) in [7, 11) is 1.34. The standard InChI is InChI=1S/C23H24Cl2N4O3/c1-32-22(30)20-19(26-23(31)27-21(20)15-3-2-4-17(25)13-15)14-28-9-11-29(12-10-28)18-7-5-16(24)6-8-18/h2-8,13,21H,9-12,14H2,1H3,(H2,26,27,31). The van der Waals surface area contributed by atoms with E-state index >= 15 is 0 Å². The van der Waals surface area contributed by atoms with Gasteiger partial charge in [0.2, 0.25) is 0 Å². The third-order valence-electron chi connectivity index (χ3n) is 5.69. The number of methoxy groups -OCH3 is 1. The van der Waals surface area contributed by atoms with E-state index in [1.54, 1.807) is 18.2 Å². The summed E-state index contributed by atoms with van der Waals surface area (Å²) in [6, 6.07) is 13.9. The summed E-state index contributed by atoms with van der Waals surface area (Å²) in [5.74, 6) is -0.489. The van der Waals surface area contributed by atoms with E-state index in [1.165, 1.54) is 7.11 Å². The van der Waals surface area contributed by atoms with Crippen molar-refractivity contribution in [1.82, 2.24) is 15.5 Å². The van der Waals surface area contributed by atoms with Crippen LogP contribution >= 0.6 is 23.2 Å². The van der Waals surface area contributed by atoms with Crippen LogP contribution in [0.3, 0.4) is 0 Å². The van der Waals surface area contributed by atoms with Gasteiger partial charge in [-0.3, -0.25) is 4.90 Å². The molecule has 2 aromatic rings. The van der Waals surface area contributed by atoms with Gasteiger partial charge in [0.15, 0.2) is 0 Å². The highest BCUT2D eigenvalue weighted by Gasteiger charge is 2.34. The highest BCUT2D eigenvalue weighted by atomic mass is 35.5. The number of carbonyl (C=O) groups is 2. The Hall–Kier alpha value is -2.74. The minimum atomic E-state index is -0.639. The normalized spacial score (nSPS) is 19.4. The van der Waals surface area contributed by atoms with Gasteiger partial charge >= 0.3 is 12.0 Å². The molecule has 2 N–H and O–H groups in total. The molecule has 4 rings (SSSR count). The maximum absolute atomic E-state index is 12.7. The van der Waals surface area contributed by atoms with E-state index in [0.717, 1.165) is 37.4 Å². The van der Waals surface area contributed by atoms with Crippen molar-refractivity contribution >= 4 is 40.9 Å². The first-order valence-corrected chi connectivity index (χ1v) is 11.1. The number of benzene rings is 2. The number of hydrogen-bond acceptors (Lipinski definition) is 5. The summed E-state index contributed by atoms with van der Waals surface area (Å²) < 4.78 is 5.05. The molecule has 168 valence electrons. The zero-order valence-electron chi connectivity index (χ0n) is 17.6. The van der Waals surface area contributed by atoms with Crippen molar-refractivity contribution < 1.29 is 14.3 Å². The third-order valence-corrected chi connectivity index (χ3v) is 6.17. The molecule has 1 saturated heterocycles. The van der Waals surface area contributed by atoms with Crippen molar-refractivity contribution in [1.29, 1.82) is 0 Å². The predicted molar refractivity (Wildman–Crippen MR) is 125 cm³/mol.